The van der Waals surface area contributed by atoms with Crippen LogP contribution in [-0.2, 0) is 16.4 Å². The third kappa shape index (κ3) is 4.57. The van der Waals surface area contributed by atoms with E-state index in [-0.39, 0.29) is 10.8 Å². The maximum absolute atomic E-state index is 12.8. The van der Waals surface area contributed by atoms with Crippen molar-refractivity contribution in [1.82, 2.24) is 4.72 Å². The highest BCUT2D eigenvalue weighted by atomic mass is 32.2. The van der Waals surface area contributed by atoms with Crippen molar-refractivity contribution in [2.24, 2.45) is 5.92 Å². The van der Waals surface area contributed by atoms with E-state index in [1.165, 1.54) is 0 Å². The van der Waals surface area contributed by atoms with Crippen LogP contribution in [0, 0.1) is 5.92 Å². The minimum absolute atomic E-state index is 0.0535. The number of rotatable bonds is 6. The van der Waals surface area contributed by atoms with Crippen LogP contribution >= 0.6 is 0 Å². The van der Waals surface area contributed by atoms with Crippen molar-refractivity contribution < 1.29 is 13.2 Å². The minimum Gasteiger partial charge on any atom is -0.308 e. The number of sulfonamides is 1. The Labute approximate surface area is 161 Å². The molecule has 0 bridgehead atoms. The van der Waals surface area contributed by atoms with Crippen molar-refractivity contribution in [3.8, 4) is 0 Å². The van der Waals surface area contributed by atoms with Crippen LogP contribution in [0.25, 0.3) is 0 Å². The van der Waals surface area contributed by atoms with E-state index < -0.39 is 10.0 Å². The van der Waals surface area contributed by atoms with Crippen molar-refractivity contribution in [1.29, 1.82) is 0 Å². The van der Waals surface area contributed by atoms with Crippen LogP contribution < -0.4 is 9.62 Å². The van der Waals surface area contributed by atoms with Gasteiger partial charge in [0.1, 0.15) is 0 Å². The molecular formula is C21H26N2O3S. The van der Waals surface area contributed by atoms with Gasteiger partial charge in [0.25, 0.3) is 5.91 Å². The summed E-state index contributed by atoms with van der Waals surface area (Å²) in [7, 11) is -3.53. The Morgan fingerprint density at radius 1 is 1.15 bits per heavy atom. The average Bonchev–Trinajstić information content (AvgIpc) is 2.66. The Bertz CT molecular complexity index is 908. The van der Waals surface area contributed by atoms with E-state index in [4.69, 9.17) is 0 Å². The molecule has 0 saturated heterocycles. The van der Waals surface area contributed by atoms with Gasteiger partial charge in [0.05, 0.1) is 4.90 Å². The Kier molecular flexibility index (Phi) is 5.97. The number of amides is 1. The zero-order chi connectivity index (χ0) is 19.4. The molecule has 3 rings (SSSR count). The van der Waals surface area contributed by atoms with E-state index in [0.717, 1.165) is 30.5 Å². The molecule has 1 aliphatic heterocycles. The molecule has 2 aromatic carbocycles. The standard InChI is InChI=1S/C21H26N2O3S/c1-16(2)12-13-22-27(25,26)19-10-11-20-18(15-19)9-6-14-23(20)21(24)17-7-4-3-5-8-17/h3-5,7-8,10-11,15-16,22H,6,9,12-14H2,1-2H3. The van der Waals surface area contributed by atoms with Gasteiger partial charge in [-0.1, -0.05) is 32.0 Å². The molecule has 0 aromatic heterocycles. The number of fused-ring (bicyclic) bond motifs is 1. The van der Waals surface area contributed by atoms with Crippen LogP contribution in [0.15, 0.2) is 53.4 Å². The molecule has 0 fully saturated rings. The minimum atomic E-state index is -3.53. The van der Waals surface area contributed by atoms with Gasteiger partial charge in [-0.2, -0.15) is 0 Å². The lowest BCUT2D eigenvalue weighted by Crippen LogP contribution is -2.35. The molecule has 0 aliphatic carbocycles. The summed E-state index contributed by atoms with van der Waals surface area (Å²) in [5, 5.41) is 0. The summed E-state index contributed by atoms with van der Waals surface area (Å²) in [6.07, 6.45) is 2.38. The second-order valence-corrected chi connectivity index (χ2v) is 9.06. The van der Waals surface area contributed by atoms with Crippen molar-refractivity contribution in [3.63, 3.8) is 0 Å². The van der Waals surface area contributed by atoms with Gasteiger partial charge in [-0.25, -0.2) is 13.1 Å². The van der Waals surface area contributed by atoms with Crippen LogP contribution in [0.4, 0.5) is 5.69 Å². The SMILES string of the molecule is CC(C)CCNS(=O)(=O)c1ccc2c(c1)CCCN2C(=O)c1ccccc1. The highest BCUT2D eigenvalue weighted by Crippen LogP contribution is 2.30. The number of hydrogen-bond donors (Lipinski definition) is 1. The fourth-order valence-corrected chi connectivity index (χ4v) is 4.35. The van der Waals surface area contributed by atoms with Crippen molar-refractivity contribution in [2.45, 2.75) is 38.0 Å². The fraction of sp³-hybridized carbons (Fsp3) is 0.381. The van der Waals surface area contributed by atoms with Gasteiger partial charge in [0.2, 0.25) is 10.0 Å². The van der Waals surface area contributed by atoms with Gasteiger partial charge < -0.3 is 4.90 Å². The first-order chi connectivity index (χ1) is 12.9. The van der Waals surface area contributed by atoms with Gasteiger partial charge in [0, 0.05) is 24.3 Å². The average molecular weight is 387 g/mol. The molecule has 2 aromatic rings. The van der Waals surface area contributed by atoms with E-state index in [1.54, 1.807) is 35.2 Å². The molecule has 0 unspecified atom stereocenters. The summed E-state index contributed by atoms with van der Waals surface area (Å²) in [4.78, 5) is 14.9. The number of nitrogens with zero attached hydrogens (tertiary/aromatic N) is 1. The number of carbonyl (C=O) groups excluding carboxylic acids is 1. The molecule has 6 heteroatoms. The summed E-state index contributed by atoms with van der Waals surface area (Å²) in [5.41, 5.74) is 2.34. The second-order valence-electron chi connectivity index (χ2n) is 7.30. The molecule has 27 heavy (non-hydrogen) atoms. The van der Waals surface area contributed by atoms with Gasteiger partial charge in [-0.15, -0.1) is 0 Å². The Morgan fingerprint density at radius 2 is 1.89 bits per heavy atom. The third-order valence-corrected chi connectivity index (χ3v) is 6.22. The number of hydrogen-bond acceptors (Lipinski definition) is 3. The quantitative estimate of drug-likeness (QED) is 0.825. The van der Waals surface area contributed by atoms with Crippen LogP contribution in [0.1, 0.15) is 42.6 Å². The van der Waals surface area contributed by atoms with Gasteiger partial charge in [-0.05, 0) is 61.1 Å². The second kappa shape index (κ2) is 8.23. The zero-order valence-electron chi connectivity index (χ0n) is 15.8. The topological polar surface area (TPSA) is 66.5 Å². The normalized spacial score (nSPS) is 14.3. The van der Waals surface area contributed by atoms with E-state index in [1.807, 2.05) is 18.2 Å². The van der Waals surface area contributed by atoms with E-state index in [2.05, 4.69) is 18.6 Å². The molecular weight excluding hydrogens is 360 g/mol. The molecule has 0 radical (unpaired) electrons. The van der Waals surface area contributed by atoms with Crippen LogP contribution in [0.3, 0.4) is 0 Å². The molecule has 0 spiro atoms. The molecule has 1 N–H and O–H groups in total. The molecule has 1 heterocycles. The van der Waals surface area contributed by atoms with Crippen molar-refractivity contribution in [3.05, 3.63) is 59.7 Å². The summed E-state index contributed by atoms with van der Waals surface area (Å²) in [6, 6.07) is 14.2. The highest BCUT2D eigenvalue weighted by molar-refractivity contribution is 7.89. The molecule has 1 aliphatic rings. The smallest absolute Gasteiger partial charge is 0.258 e. The van der Waals surface area contributed by atoms with E-state index in [0.29, 0.717) is 24.6 Å². The Hall–Kier alpha value is -2.18. The maximum Gasteiger partial charge on any atom is 0.258 e. The van der Waals surface area contributed by atoms with E-state index >= 15 is 0 Å². The summed E-state index contributed by atoms with van der Waals surface area (Å²) < 4.78 is 27.8. The lowest BCUT2D eigenvalue weighted by molar-refractivity contribution is 0.0985. The van der Waals surface area contributed by atoms with Crippen LogP contribution in [-0.4, -0.2) is 27.4 Å². The van der Waals surface area contributed by atoms with Crippen molar-refractivity contribution in [2.75, 3.05) is 18.0 Å². The molecule has 144 valence electrons. The lowest BCUT2D eigenvalue weighted by atomic mass is 10.0. The first-order valence-corrected chi connectivity index (χ1v) is 10.9. The largest absolute Gasteiger partial charge is 0.308 e. The lowest BCUT2D eigenvalue weighted by Gasteiger charge is -2.30. The number of anilines is 1. The molecule has 5 nitrogen and oxygen atoms in total. The Balaban J connectivity index is 1.84. The number of aryl methyl sites for hydroxylation is 1. The summed E-state index contributed by atoms with van der Waals surface area (Å²) >= 11 is 0. The third-order valence-electron chi connectivity index (χ3n) is 4.76. The molecule has 0 saturated carbocycles. The molecule has 1 amide bonds. The highest BCUT2D eigenvalue weighted by Gasteiger charge is 2.25. The van der Waals surface area contributed by atoms with Gasteiger partial charge in [0.15, 0.2) is 0 Å². The first kappa shape index (κ1) is 19.6. The maximum atomic E-state index is 12.8. The first-order valence-electron chi connectivity index (χ1n) is 9.38. The number of carbonyl (C=O) groups is 1. The predicted molar refractivity (Wildman–Crippen MR) is 108 cm³/mol. The zero-order valence-corrected chi connectivity index (χ0v) is 16.6. The summed E-state index contributed by atoms with van der Waals surface area (Å²) in [5.74, 6) is 0.385. The number of benzene rings is 2. The predicted octanol–water partition coefficient (Wildman–Crippen LogP) is 3.60. The molecule has 0 atom stereocenters. The number of nitrogens with one attached hydrogen (secondary N) is 1. The summed E-state index contributed by atoms with van der Waals surface area (Å²) in [6.45, 7) is 5.19. The van der Waals surface area contributed by atoms with Gasteiger partial charge in [-0.3, -0.25) is 4.79 Å². The fourth-order valence-electron chi connectivity index (χ4n) is 3.25. The van der Waals surface area contributed by atoms with Crippen LogP contribution in [0.2, 0.25) is 0 Å². The van der Waals surface area contributed by atoms with E-state index in [9.17, 15) is 13.2 Å². The van der Waals surface area contributed by atoms with Crippen molar-refractivity contribution >= 4 is 21.6 Å². The van der Waals surface area contributed by atoms with Crippen LogP contribution in [0.5, 0.6) is 0 Å². The monoisotopic (exact) mass is 386 g/mol. The van der Waals surface area contributed by atoms with Gasteiger partial charge >= 0.3 is 0 Å². The Morgan fingerprint density at radius 3 is 2.59 bits per heavy atom.